The lowest BCUT2D eigenvalue weighted by molar-refractivity contribution is -0.132. The average molecular weight is 311 g/mol. The van der Waals surface area contributed by atoms with Crippen LogP contribution in [0, 0.1) is 0 Å². The maximum absolute atomic E-state index is 11.9. The maximum Gasteiger partial charge on any atom is 0.390 e. The minimum absolute atomic E-state index is 0.0920. The molecule has 5 nitrogen and oxygen atoms in total. The fourth-order valence-corrected chi connectivity index (χ4v) is 1.59. The quantitative estimate of drug-likeness (QED) is 0.799. The van der Waals surface area contributed by atoms with Crippen LogP contribution >= 0.6 is 11.6 Å². The molecule has 0 aliphatic carbocycles. The van der Waals surface area contributed by atoms with Crippen LogP contribution in [0.2, 0.25) is 5.02 Å². The Kier molecular flexibility index (Phi) is 5.20. The molecule has 0 radical (unpaired) electrons. The van der Waals surface area contributed by atoms with E-state index in [1.165, 1.54) is 18.2 Å². The van der Waals surface area contributed by atoms with Crippen LogP contribution in [0.3, 0.4) is 0 Å². The van der Waals surface area contributed by atoms with Crippen molar-refractivity contribution < 1.29 is 27.9 Å². The minimum atomic E-state index is -4.38. The Morgan fingerprint density at radius 2 is 1.95 bits per heavy atom. The molecule has 1 aromatic rings. The molecule has 1 rings (SSSR count). The van der Waals surface area contributed by atoms with Crippen LogP contribution in [0.1, 0.15) is 16.8 Å². The summed E-state index contributed by atoms with van der Waals surface area (Å²) in [4.78, 5) is 22.3. The van der Waals surface area contributed by atoms with Gasteiger partial charge in [-0.15, -0.1) is 0 Å². The van der Waals surface area contributed by atoms with Gasteiger partial charge in [-0.3, -0.25) is 0 Å². The van der Waals surface area contributed by atoms with Gasteiger partial charge < -0.3 is 15.7 Å². The third kappa shape index (κ3) is 4.96. The van der Waals surface area contributed by atoms with E-state index in [1.54, 1.807) is 0 Å². The lowest BCUT2D eigenvalue weighted by Gasteiger charge is -2.11. The number of rotatable bonds is 4. The van der Waals surface area contributed by atoms with Crippen molar-refractivity contribution >= 4 is 29.3 Å². The van der Waals surface area contributed by atoms with Crippen molar-refractivity contribution in [2.45, 2.75) is 12.6 Å². The molecule has 0 saturated carbocycles. The van der Waals surface area contributed by atoms with Gasteiger partial charge in [0, 0.05) is 6.54 Å². The van der Waals surface area contributed by atoms with Gasteiger partial charge in [-0.1, -0.05) is 17.7 Å². The zero-order chi connectivity index (χ0) is 15.3. The molecule has 0 heterocycles. The molecule has 0 spiro atoms. The summed E-state index contributed by atoms with van der Waals surface area (Å²) in [5.41, 5.74) is -0.436. The van der Waals surface area contributed by atoms with Gasteiger partial charge in [-0.25, -0.2) is 9.59 Å². The number of carbonyl (C=O) groups is 2. The predicted molar refractivity (Wildman–Crippen MR) is 66.1 cm³/mol. The SMILES string of the molecule is O=C(NCCC(F)(F)F)Nc1cccc(Cl)c1C(=O)O. The standard InChI is InChI=1S/C11H10ClF3N2O3/c12-6-2-1-3-7(8(6)9(18)19)17-10(20)16-5-4-11(13,14)15/h1-3H,4-5H2,(H,18,19)(H2,16,17,20). The summed E-state index contributed by atoms with van der Waals surface area (Å²) in [7, 11) is 0. The van der Waals surface area contributed by atoms with Crippen LogP contribution in [0.5, 0.6) is 0 Å². The molecule has 0 bridgehead atoms. The molecular formula is C11H10ClF3N2O3. The van der Waals surface area contributed by atoms with E-state index in [0.717, 1.165) is 0 Å². The summed E-state index contributed by atoms with van der Waals surface area (Å²) in [6.45, 7) is -0.613. The van der Waals surface area contributed by atoms with Crippen molar-refractivity contribution in [3.63, 3.8) is 0 Å². The molecule has 2 amide bonds. The van der Waals surface area contributed by atoms with Crippen molar-refractivity contribution in [2.24, 2.45) is 0 Å². The third-order valence-electron chi connectivity index (χ3n) is 2.17. The molecule has 0 aliphatic heterocycles. The Balaban J connectivity index is 2.67. The molecular weight excluding hydrogens is 301 g/mol. The molecule has 1 aromatic carbocycles. The van der Waals surface area contributed by atoms with Crippen molar-refractivity contribution in [1.82, 2.24) is 5.32 Å². The topological polar surface area (TPSA) is 78.4 Å². The number of carboxylic acids is 1. The van der Waals surface area contributed by atoms with Crippen LogP contribution < -0.4 is 10.6 Å². The number of benzene rings is 1. The van der Waals surface area contributed by atoms with Crippen molar-refractivity contribution in [3.05, 3.63) is 28.8 Å². The van der Waals surface area contributed by atoms with Gasteiger partial charge in [-0.2, -0.15) is 13.2 Å². The lowest BCUT2D eigenvalue weighted by atomic mass is 10.2. The number of aromatic carboxylic acids is 1. The van der Waals surface area contributed by atoms with Gasteiger partial charge in [0.2, 0.25) is 0 Å². The molecule has 9 heteroatoms. The van der Waals surface area contributed by atoms with Gasteiger partial charge in [0.05, 0.1) is 17.1 Å². The Labute approximate surface area is 116 Å². The van der Waals surface area contributed by atoms with E-state index >= 15 is 0 Å². The zero-order valence-electron chi connectivity index (χ0n) is 9.92. The summed E-state index contributed by atoms with van der Waals surface area (Å²) in [5.74, 6) is -1.36. The molecule has 0 atom stereocenters. The first-order valence-electron chi connectivity index (χ1n) is 5.34. The number of carboxylic acid groups (broad SMARTS) is 1. The molecule has 0 aliphatic rings. The number of halogens is 4. The number of hydrogen-bond donors (Lipinski definition) is 3. The fourth-order valence-electron chi connectivity index (χ4n) is 1.33. The summed E-state index contributed by atoms with van der Waals surface area (Å²) < 4.78 is 35.7. The van der Waals surface area contributed by atoms with Crippen molar-refractivity contribution in [3.8, 4) is 0 Å². The van der Waals surface area contributed by atoms with Gasteiger partial charge in [-0.05, 0) is 12.1 Å². The van der Waals surface area contributed by atoms with Crippen LogP contribution in [-0.4, -0.2) is 29.8 Å². The van der Waals surface area contributed by atoms with E-state index < -0.39 is 31.1 Å². The number of amides is 2. The molecule has 3 N–H and O–H groups in total. The van der Waals surface area contributed by atoms with Gasteiger partial charge >= 0.3 is 18.2 Å². The Bertz CT molecular complexity index is 520. The van der Waals surface area contributed by atoms with Crippen molar-refractivity contribution in [1.29, 1.82) is 0 Å². The van der Waals surface area contributed by atoms with Crippen LogP contribution in [0.4, 0.5) is 23.7 Å². The number of alkyl halides is 3. The van der Waals surface area contributed by atoms with E-state index in [9.17, 15) is 22.8 Å². The summed E-state index contributed by atoms with van der Waals surface area (Å²) >= 11 is 5.67. The first kappa shape index (κ1) is 16.1. The predicted octanol–water partition coefficient (Wildman–Crippen LogP) is 3.11. The second kappa shape index (κ2) is 6.47. The average Bonchev–Trinajstić information content (AvgIpc) is 2.26. The van der Waals surface area contributed by atoms with Crippen LogP contribution in [-0.2, 0) is 0 Å². The second-order valence-corrected chi connectivity index (χ2v) is 4.12. The van der Waals surface area contributed by atoms with Gasteiger partial charge in [0.1, 0.15) is 5.56 Å². The van der Waals surface area contributed by atoms with Crippen LogP contribution in [0.25, 0.3) is 0 Å². The molecule has 0 fully saturated rings. The Hall–Kier alpha value is -1.96. The fraction of sp³-hybridized carbons (Fsp3) is 0.273. The summed E-state index contributed by atoms with van der Waals surface area (Å²) in [6.07, 6.45) is -5.56. The van der Waals surface area contributed by atoms with E-state index in [-0.39, 0.29) is 16.3 Å². The first-order chi connectivity index (χ1) is 9.20. The maximum atomic E-state index is 11.9. The normalized spacial score (nSPS) is 11.0. The number of nitrogens with one attached hydrogen (secondary N) is 2. The highest BCUT2D eigenvalue weighted by Gasteiger charge is 2.26. The van der Waals surface area contributed by atoms with Crippen molar-refractivity contribution in [2.75, 3.05) is 11.9 Å². The lowest BCUT2D eigenvalue weighted by Crippen LogP contribution is -2.32. The summed E-state index contributed by atoms with van der Waals surface area (Å²) in [5, 5.41) is 12.9. The highest BCUT2D eigenvalue weighted by atomic mass is 35.5. The summed E-state index contributed by atoms with van der Waals surface area (Å²) in [6, 6.07) is 3.05. The van der Waals surface area contributed by atoms with E-state index in [2.05, 4.69) is 5.32 Å². The monoisotopic (exact) mass is 310 g/mol. The van der Waals surface area contributed by atoms with E-state index in [4.69, 9.17) is 16.7 Å². The zero-order valence-corrected chi connectivity index (χ0v) is 10.7. The molecule has 110 valence electrons. The second-order valence-electron chi connectivity index (χ2n) is 3.71. The highest BCUT2D eigenvalue weighted by molar-refractivity contribution is 6.34. The Morgan fingerprint density at radius 1 is 1.30 bits per heavy atom. The number of hydrogen-bond acceptors (Lipinski definition) is 2. The minimum Gasteiger partial charge on any atom is -0.478 e. The number of urea groups is 1. The van der Waals surface area contributed by atoms with Gasteiger partial charge in [0.15, 0.2) is 0 Å². The molecule has 20 heavy (non-hydrogen) atoms. The van der Waals surface area contributed by atoms with E-state index in [0.29, 0.717) is 0 Å². The van der Waals surface area contributed by atoms with Gasteiger partial charge in [0.25, 0.3) is 0 Å². The third-order valence-corrected chi connectivity index (χ3v) is 2.48. The molecule has 0 unspecified atom stereocenters. The number of anilines is 1. The van der Waals surface area contributed by atoms with E-state index in [1.807, 2.05) is 5.32 Å². The Morgan fingerprint density at radius 3 is 2.50 bits per heavy atom. The smallest absolute Gasteiger partial charge is 0.390 e. The highest BCUT2D eigenvalue weighted by Crippen LogP contribution is 2.24. The van der Waals surface area contributed by atoms with Crippen LogP contribution in [0.15, 0.2) is 18.2 Å². The molecule has 0 saturated heterocycles. The largest absolute Gasteiger partial charge is 0.478 e. The first-order valence-corrected chi connectivity index (χ1v) is 5.72. The molecule has 0 aromatic heterocycles. The number of carbonyl (C=O) groups excluding carboxylic acids is 1.